The summed E-state index contributed by atoms with van der Waals surface area (Å²) in [7, 11) is 0. The number of pyridine rings is 3. The van der Waals surface area contributed by atoms with E-state index in [1.807, 2.05) is 0 Å². The van der Waals surface area contributed by atoms with Crippen molar-refractivity contribution in [3.05, 3.63) is 180 Å². The van der Waals surface area contributed by atoms with E-state index in [4.69, 9.17) is 0 Å². The van der Waals surface area contributed by atoms with Crippen LogP contribution in [-0.4, -0.2) is 15.0 Å². The zero-order chi connectivity index (χ0) is 29.9. The summed E-state index contributed by atoms with van der Waals surface area (Å²) in [5.74, 6) is -1.91. The largest absolute Gasteiger partial charge is 0.256 e. The predicted molar refractivity (Wildman–Crippen MR) is 148 cm³/mol. The van der Waals surface area contributed by atoms with Crippen molar-refractivity contribution in [1.82, 2.24) is 15.0 Å². The van der Waals surface area contributed by atoms with Crippen molar-refractivity contribution in [1.29, 1.82) is 0 Å². The van der Waals surface area contributed by atoms with E-state index in [0.29, 0.717) is 17.1 Å². The Morgan fingerprint density at radius 2 is 0.698 bits per heavy atom. The summed E-state index contributed by atoms with van der Waals surface area (Å²) in [6.07, 6.45) is 8.43. The number of halogens is 6. The molecule has 0 saturated heterocycles. The van der Waals surface area contributed by atoms with Crippen molar-refractivity contribution in [3.8, 4) is 0 Å². The molecule has 0 amide bonds. The van der Waals surface area contributed by atoms with Gasteiger partial charge in [0.25, 0.3) is 0 Å². The fourth-order valence-electron chi connectivity index (χ4n) is 3.46. The topological polar surface area (TPSA) is 38.7 Å². The van der Waals surface area contributed by atoms with Crippen molar-refractivity contribution in [2.75, 3.05) is 0 Å². The van der Waals surface area contributed by atoms with Crippen LogP contribution in [0.2, 0.25) is 0 Å². The Morgan fingerprint density at radius 1 is 0.419 bits per heavy atom. The van der Waals surface area contributed by atoms with Gasteiger partial charge in [0.1, 0.15) is 17.5 Å². The minimum atomic E-state index is -0.649. The van der Waals surface area contributed by atoms with Crippen LogP contribution in [0.4, 0.5) is 26.3 Å². The van der Waals surface area contributed by atoms with Gasteiger partial charge in [0.15, 0.2) is 0 Å². The van der Waals surface area contributed by atoms with Crippen molar-refractivity contribution in [3.63, 3.8) is 0 Å². The van der Waals surface area contributed by atoms with Crippen LogP contribution in [-0.2, 0) is 20.1 Å². The van der Waals surface area contributed by atoms with Gasteiger partial charge in [-0.1, -0.05) is 18.2 Å². The Hall–Kier alpha value is -4.54. The Morgan fingerprint density at radius 3 is 0.907 bits per heavy atom. The predicted octanol–water partition coefficient (Wildman–Crippen LogP) is 8.96. The van der Waals surface area contributed by atoms with Gasteiger partial charge in [-0.2, -0.15) is 0 Å². The first-order valence-corrected chi connectivity index (χ1v) is 12.2. The monoisotopic (exact) mass is 763 g/mol. The number of nitrogens with zero attached hydrogens (tertiary/aromatic N) is 3. The first-order chi connectivity index (χ1) is 20.3. The number of allylic oxidation sites excluding steroid dienone is 9. The molecular weight excluding hydrogens is 745 g/mol. The zero-order valence-corrected chi connectivity index (χ0v) is 24.2. The molecule has 0 unspecified atom stereocenters. The molecule has 6 rings (SSSR count). The van der Waals surface area contributed by atoms with Gasteiger partial charge in [0, 0.05) is 56.9 Å². The average molecular weight is 763 g/mol. The first kappa shape index (κ1) is 33.0. The van der Waals surface area contributed by atoms with E-state index >= 15 is 0 Å². The molecule has 3 heterocycles. The standard InChI is InChI=1S/3C11H6F2N.Ir/c3*12-8-4-5-9(10(13)7-8)11-3-1-2-6-14-11;/h3*1-4,6-7H;. The molecular formula is C33H18F6IrN3. The number of aromatic nitrogens is 3. The quantitative estimate of drug-likeness (QED) is 0.198. The maximum Gasteiger partial charge on any atom is 0.208 e. The average Bonchev–Trinajstić information content (AvgIpc) is 2.99. The van der Waals surface area contributed by atoms with Gasteiger partial charge >= 0.3 is 0 Å². The third-order valence-corrected chi connectivity index (χ3v) is 5.34. The molecule has 0 bridgehead atoms. The van der Waals surface area contributed by atoms with Crippen LogP contribution in [0.1, 0.15) is 17.1 Å². The van der Waals surface area contributed by atoms with Crippen molar-refractivity contribution < 1.29 is 46.4 Å². The summed E-state index contributed by atoms with van der Waals surface area (Å²) in [4.78, 5) is 11.8. The molecule has 3 aromatic heterocycles. The molecule has 3 aromatic rings. The molecule has 10 heteroatoms. The van der Waals surface area contributed by atoms with Crippen LogP contribution >= 0.6 is 0 Å². The normalized spacial score (nSPS) is 16.0. The van der Waals surface area contributed by atoms with Crippen LogP contribution in [0, 0.1) is 18.5 Å². The molecule has 0 N–H and O–H groups in total. The van der Waals surface area contributed by atoms with Gasteiger partial charge in [-0.05, 0) is 54.6 Å². The fourth-order valence-corrected chi connectivity index (χ4v) is 3.46. The van der Waals surface area contributed by atoms with Crippen LogP contribution < -0.4 is 0 Å². The van der Waals surface area contributed by atoms with Gasteiger partial charge in [-0.25, -0.2) is 26.3 Å². The van der Waals surface area contributed by atoms with Gasteiger partial charge < -0.3 is 0 Å². The van der Waals surface area contributed by atoms with Crippen molar-refractivity contribution in [2.45, 2.75) is 0 Å². The van der Waals surface area contributed by atoms with Crippen LogP contribution in [0.25, 0.3) is 16.7 Å². The summed E-state index contributed by atoms with van der Waals surface area (Å²) in [6.45, 7) is 0. The molecule has 0 atom stereocenters. The molecule has 0 saturated carbocycles. The van der Waals surface area contributed by atoms with Gasteiger partial charge in [0.05, 0.1) is 33.8 Å². The minimum Gasteiger partial charge on any atom is -0.256 e. The summed E-state index contributed by atoms with van der Waals surface area (Å²) >= 11 is 0. The van der Waals surface area contributed by atoms with Crippen molar-refractivity contribution >= 4 is 16.7 Å². The van der Waals surface area contributed by atoms with Gasteiger partial charge in [-0.15, -0.1) is 17.2 Å². The molecule has 0 aliphatic heterocycles. The summed E-state index contributed by atoms with van der Waals surface area (Å²) in [6, 6.07) is 15.3. The smallest absolute Gasteiger partial charge is 0.208 e. The van der Waals surface area contributed by atoms with E-state index in [2.05, 4.69) is 32.1 Å². The third-order valence-electron chi connectivity index (χ3n) is 5.34. The summed E-state index contributed by atoms with van der Waals surface area (Å²) < 4.78 is 77.4. The van der Waals surface area contributed by atoms with Gasteiger partial charge in [0.2, 0.25) is 18.5 Å². The number of rotatable bonds is 3. The van der Waals surface area contributed by atoms with E-state index in [1.165, 1.54) is 0 Å². The maximum atomic E-state index is 13.2. The van der Waals surface area contributed by atoms with Crippen molar-refractivity contribution in [2.24, 2.45) is 0 Å². The Labute approximate surface area is 257 Å². The SMILES string of the molecule is F[C]1C=C(F)C=C=C1c1ccccn1.F[C]1C=C(F)C=C=C1c1ccccn1.F[C]1C=C(F)C=C=C1c1ccccn1.[Ir]. The van der Waals surface area contributed by atoms with Gasteiger partial charge in [-0.3, -0.25) is 15.0 Å². The Balaban J connectivity index is 0.000000175. The second-order valence-corrected chi connectivity index (χ2v) is 8.27. The zero-order valence-electron chi connectivity index (χ0n) is 21.8. The Kier molecular flexibility index (Phi) is 12.4. The number of hydrogen-bond acceptors (Lipinski definition) is 3. The Bertz CT molecular complexity index is 1490. The fraction of sp³-hybridized carbons (Fsp3) is 0. The minimum absolute atomic E-state index is 0. The third kappa shape index (κ3) is 9.49. The molecule has 0 fully saturated rings. The maximum absolute atomic E-state index is 13.2. The second-order valence-electron chi connectivity index (χ2n) is 8.27. The molecule has 216 valence electrons. The van der Waals surface area contributed by atoms with E-state index < -0.39 is 36.0 Å². The molecule has 3 nitrogen and oxygen atoms in total. The first-order valence-electron chi connectivity index (χ1n) is 12.2. The summed E-state index contributed by atoms with van der Waals surface area (Å²) in [5.41, 5.74) is 9.43. The van der Waals surface area contributed by atoms with E-state index in [9.17, 15) is 26.3 Å². The van der Waals surface area contributed by atoms with E-state index in [0.717, 1.165) is 36.5 Å². The van der Waals surface area contributed by atoms with E-state index in [1.54, 1.807) is 73.2 Å². The van der Waals surface area contributed by atoms with Crippen LogP contribution in [0.3, 0.4) is 0 Å². The van der Waals surface area contributed by atoms with Crippen LogP contribution in [0.15, 0.2) is 144 Å². The second kappa shape index (κ2) is 16.2. The van der Waals surface area contributed by atoms with Crippen LogP contribution in [0.5, 0.6) is 0 Å². The van der Waals surface area contributed by atoms with E-state index in [-0.39, 0.29) is 36.8 Å². The molecule has 4 radical (unpaired) electrons. The summed E-state index contributed by atoms with van der Waals surface area (Å²) in [5, 5.41) is 0. The molecule has 3 aliphatic carbocycles. The number of hydrogen-bond donors (Lipinski definition) is 0. The molecule has 0 aromatic carbocycles. The molecule has 43 heavy (non-hydrogen) atoms. The molecule has 0 spiro atoms. The molecule has 3 aliphatic rings.